The van der Waals surface area contributed by atoms with Crippen LogP contribution in [0.25, 0.3) is 0 Å². The first kappa shape index (κ1) is 4.87. The molecule has 0 aromatic rings. The maximum Gasteiger partial charge on any atom is 0.394 e. The van der Waals surface area contributed by atoms with Crippen LogP contribution in [0.1, 0.15) is 1.43 Å². The van der Waals surface area contributed by atoms with Gasteiger partial charge >= 0.3 is 10.4 Å². The highest BCUT2D eigenvalue weighted by Crippen LogP contribution is 1.59. The normalized spacial score (nSPS) is 11.6. The van der Waals surface area contributed by atoms with E-state index in [0.717, 1.165) is 0 Å². The summed E-state index contributed by atoms with van der Waals surface area (Å²) in [6.07, 6.45) is 0. The van der Waals surface area contributed by atoms with Gasteiger partial charge in [0.25, 0.3) is 0 Å². The van der Waals surface area contributed by atoms with Crippen molar-refractivity contribution in [3.63, 3.8) is 0 Å². The molecule has 0 fully saturated rings. The topological polar surface area (TPSA) is 74.6 Å². The maximum atomic E-state index is 8.74. The second-order valence-corrected chi connectivity index (χ2v) is 1.34. The fraction of sp³-hybridized carbons (Fsp3) is 0. The molecule has 0 aromatic heterocycles. The van der Waals surface area contributed by atoms with Crippen molar-refractivity contribution in [1.29, 1.82) is 0 Å². The van der Waals surface area contributed by atoms with Crippen molar-refractivity contribution in [2.24, 2.45) is 0 Å². The van der Waals surface area contributed by atoms with E-state index in [-0.39, 0.29) is 1.43 Å². The van der Waals surface area contributed by atoms with Crippen LogP contribution in [-0.2, 0) is 10.4 Å². The van der Waals surface area contributed by atoms with Gasteiger partial charge in [-0.15, -0.1) is 0 Å². The number of rotatable bonds is 0. The Morgan fingerprint density at radius 2 is 1.40 bits per heavy atom. The number of hydrogen-bond donors (Lipinski definition) is 2. The van der Waals surface area contributed by atoms with Crippen LogP contribution >= 0.6 is 0 Å². The van der Waals surface area contributed by atoms with Crippen molar-refractivity contribution in [2.45, 2.75) is 0 Å². The van der Waals surface area contributed by atoms with E-state index in [0.29, 0.717) is 0 Å². The minimum Gasteiger partial charge on any atom is -0.264 e. The summed E-state index contributed by atoms with van der Waals surface area (Å²) in [5, 5.41) is 0. The van der Waals surface area contributed by atoms with Crippen molar-refractivity contribution in [3.8, 4) is 0 Å². The van der Waals surface area contributed by atoms with E-state index < -0.39 is 10.4 Å². The van der Waals surface area contributed by atoms with E-state index in [9.17, 15) is 0 Å². The molecule has 0 aliphatic carbocycles. The largest absolute Gasteiger partial charge is 0.394 e. The first-order chi connectivity index (χ1) is 2.00. The molecule has 5 heavy (non-hydrogen) atoms. The first-order valence-electron chi connectivity index (χ1n) is 0.698. The van der Waals surface area contributed by atoms with Crippen molar-refractivity contribution in [1.82, 2.24) is 0 Å². The van der Waals surface area contributed by atoms with Gasteiger partial charge in [-0.05, 0) is 0 Å². The average molecular weight is 100 g/mol. The summed E-state index contributed by atoms with van der Waals surface area (Å²) < 4.78 is 31.6. The zero-order chi connectivity index (χ0) is 4.50. The van der Waals surface area contributed by atoms with Gasteiger partial charge in [0.05, 0.1) is 0 Å². The minimum absolute atomic E-state index is 0. The molecule has 0 aliphatic rings. The highest BCUT2D eigenvalue weighted by atomic mass is 32.3. The lowest BCUT2D eigenvalue weighted by molar-refractivity contribution is 0.381. The molecular weight excluding hydrogens is 96.1 g/mol. The first-order valence-corrected chi connectivity index (χ1v) is 2.10. The van der Waals surface area contributed by atoms with Gasteiger partial charge in [-0.25, -0.2) is 0 Å². The van der Waals surface area contributed by atoms with Crippen LogP contribution in [0.3, 0.4) is 0 Å². The molecule has 34 valence electrons. The molecule has 0 saturated carbocycles. The molecule has 0 radical (unpaired) electrons. The molecule has 0 aliphatic heterocycles. The molecule has 2 N–H and O–H groups in total. The highest BCUT2D eigenvalue weighted by Gasteiger charge is 1.84. The van der Waals surface area contributed by atoms with Gasteiger partial charge < -0.3 is 0 Å². The highest BCUT2D eigenvalue weighted by molar-refractivity contribution is 7.79. The molecule has 0 unspecified atom stereocenters. The van der Waals surface area contributed by atoms with Gasteiger partial charge in [0.15, 0.2) is 0 Å². The lowest BCUT2D eigenvalue weighted by Crippen LogP contribution is -1.89. The van der Waals surface area contributed by atoms with Crippen LogP contribution < -0.4 is 0 Å². The van der Waals surface area contributed by atoms with Crippen molar-refractivity contribution >= 4 is 10.4 Å². The minimum atomic E-state index is -4.67. The number of hydrogen-bond acceptors (Lipinski definition) is 2. The monoisotopic (exact) mass is 100.0 g/mol. The van der Waals surface area contributed by atoms with E-state index in [2.05, 4.69) is 0 Å². The molecule has 0 atom stereocenters. The van der Waals surface area contributed by atoms with Gasteiger partial charge in [-0.1, -0.05) is 0 Å². The SMILES string of the molecule is O=S(=O)(O)O.[HH]. The quantitative estimate of drug-likeness (QED) is 0.406. The van der Waals surface area contributed by atoms with Crippen molar-refractivity contribution in [2.75, 3.05) is 0 Å². The Morgan fingerprint density at radius 3 is 1.40 bits per heavy atom. The Kier molecular flexibility index (Phi) is 0.901. The Morgan fingerprint density at radius 1 is 1.40 bits per heavy atom. The maximum absolute atomic E-state index is 8.74. The summed E-state index contributed by atoms with van der Waals surface area (Å²) in [7, 11) is -4.67. The molecule has 0 aromatic carbocycles. The Labute approximate surface area is 30.5 Å². The standard InChI is InChI=1S/H2O4S.H2/c1-5(2,3)4;/h(H2,1,2,3,4);1H. The summed E-state index contributed by atoms with van der Waals surface area (Å²) >= 11 is 0. The average Bonchev–Trinajstić information content (AvgIpc) is 0.722. The Bertz CT molecular complexity index is 90.7. The van der Waals surface area contributed by atoms with Crippen LogP contribution in [0.5, 0.6) is 0 Å². The molecule has 0 bridgehead atoms. The van der Waals surface area contributed by atoms with Gasteiger partial charge in [-0.2, -0.15) is 8.42 Å². The van der Waals surface area contributed by atoms with Crippen LogP contribution in [0.4, 0.5) is 0 Å². The van der Waals surface area contributed by atoms with Gasteiger partial charge in [0, 0.05) is 1.43 Å². The summed E-state index contributed by atoms with van der Waals surface area (Å²) in [6.45, 7) is 0. The summed E-state index contributed by atoms with van der Waals surface area (Å²) in [4.78, 5) is 0. The fourth-order valence-electron chi connectivity index (χ4n) is 0. The zero-order valence-corrected chi connectivity index (χ0v) is 2.94. The predicted molar refractivity (Wildman–Crippen MR) is 16.3 cm³/mol. The van der Waals surface area contributed by atoms with Gasteiger partial charge in [-0.3, -0.25) is 9.11 Å². The van der Waals surface area contributed by atoms with Crippen LogP contribution in [-0.4, -0.2) is 17.5 Å². The van der Waals surface area contributed by atoms with E-state index in [1.165, 1.54) is 0 Å². The molecule has 5 heteroatoms. The molecule has 0 heterocycles. The predicted octanol–water partition coefficient (Wildman–Crippen LogP) is -0.407. The summed E-state index contributed by atoms with van der Waals surface area (Å²) in [5.41, 5.74) is 0. The second-order valence-electron chi connectivity index (χ2n) is 0.448. The van der Waals surface area contributed by atoms with Crippen molar-refractivity contribution < 1.29 is 18.9 Å². The van der Waals surface area contributed by atoms with E-state index >= 15 is 0 Å². The Balaban J connectivity index is 0. The smallest absolute Gasteiger partial charge is 0.264 e. The molecule has 4 nitrogen and oxygen atoms in total. The molecule has 0 amide bonds. The van der Waals surface area contributed by atoms with Crippen LogP contribution in [0.2, 0.25) is 0 Å². The summed E-state index contributed by atoms with van der Waals surface area (Å²) in [5.74, 6) is 0. The van der Waals surface area contributed by atoms with E-state index in [1.54, 1.807) is 0 Å². The molecule has 0 spiro atoms. The molecular formula is H4O4S. The lowest BCUT2D eigenvalue weighted by atomic mass is 15.8. The fourth-order valence-corrected chi connectivity index (χ4v) is 0. The molecule has 0 rings (SSSR count). The van der Waals surface area contributed by atoms with Crippen LogP contribution in [0.15, 0.2) is 0 Å². The second kappa shape index (κ2) is 0.925. The van der Waals surface area contributed by atoms with Crippen LogP contribution in [0, 0.1) is 0 Å². The summed E-state index contributed by atoms with van der Waals surface area (Å²) in [6, 6.07) is 0. The van der Waals surface area contributed by atoms with E-state index in [1.807, 2.05) is 0 Å². The molecule has 0 saturated heterocycles. The van der Waals surface area contributed by atoms with Gasteiger partial charge in [0.2, 0.25) is 0 Å². The lowest BCUT2D eigenvalue weighted by Gasteiger charge is -1.68. The third-order valence-corrected chi connectivity index (χ3v) is 0. The Hall–Kier alpha value is -0.130. The zero-order valence-electron chi connectivity index (χ0n) is 2.12. The third kappa shape index (κ3) is 801. The van der Waals surface area contributed by atoms with Gasteiger partial charge in [0.1, 0.15) is 0 Å². The third-order valence-electron chi connectivity index (χ3n) is 0. The van der Waals surface area contributed by atoms with E-state index in [4.69, 9.17) is 17.5 Å². The van der Waals surface area contributed by atoms with Crippen molar-refractivity contribution in [3.05, 3.63) is 0 Å².